The van der Waals surface area contributed by atoms with Crippen molar-refractivity contribution in [1.82, 2.24) is 9.97 Å². The van der Waals surface area contributed by atoms with Crippen LogP contribution in [-0.2, 0) is 4.79 Å². The highest BCUT2D eigenvalue weighted by molar-refractivity contribution is 7.99. The number of carbonyl (C=O) groups is 1. The highest BCUT2D eigenvalue weighted by Crippen LogP contribution is 2.17. The van der Waals surface area contributed by atoms with Crippen molar-refractivity contribution >= 4 is 29.1 Å². The van der Waals surface area contributed by atoms with Crippen LogP contribution in [0, 0.1) is 0 Å². The Kier molecular flexibility index (Phi) is 2.31. The molecule has 0 radical (unpaired) electrons. The first kappa shape index (κ1) is 8.31. The normalized spacial score (nSPS) is 10.5. The third-order valence-corrected chi connectivity index (χ3v) is 2.43. The zero-order chi connectivity index (χ0) is 9.10. The van der Waals surface area contributed by atoms with E-state index in [1.54, 1.807) is 0 Å². The molecule has 0 fully saturated rings. The molecule has 1 aromatic heterocycles. The second-order valence-corrected chi connectivity index (χ2v) is 3.55. The molecule has 0 aliphatic carbocycles. The number of hydrogen-bond donors (Lipinski definition) is 1. The van der Waals surface area contributed by atoms with Gasteiger partial charge in [-0.15, -0.1) is 0 Å². The summed E-state index contributed by atoms with van der Waals surface area (Å²) in [5, 5.41) is 0.799. The van der Waals surface area contributed by atoms with Gasteiger partial charge in [0.15, 0.2) is 5.16 Å². The molecule has 0 saturated carbocycles. The van der Waals surface area contributed by atoms with Gasteiger partial charge in [-0.2, -0.15) is 0 Å². The molecule has 2 aromatic rings. The second-order valence-electron chi connectivity index (χ2n) is 2.54. The maximum atomic E-state index is 10.1. The Bertz CT molecular complexity index is 391. The number of fused-ring (bicyclic) bond motifs is 1. The lowest BCUT2D eigenvalue weighted by molar-refractivity contribution is -0.105. The molecule has 0 atom stereocenters. The molecule has 1 heterocycles. The fourth-order valence-electron chi connectivity index (χ4n) is 1.11. The van der Waals surface area contributed by atoms with E-state index in [2.05, 4.69) is 9.97 Å². The van der Waals surface area contributed by atoms with E-state index in [0.29, 0.717) is 5.75 Å². The van der Waals surface area contributed by atoms with Gasteiger partial charge in [0.2, 0.25) is 0 Å². The minimum atomic E-state index is 0.444. The summed E-state index contributed by atoms with van der Waals surface area (Å²) >= 11 is 1.41. The average molecular weight is 192 g/mol. The molecule has 3 nitrogen and oxygen atoms in total. The molecule has 0 spiro atoms. The van der Waals surface area contributed by atoms with E-state index < -0.39 is 0 Å². The fraction of sp³-hybridized carbons (Fsp3) is 0.111. The molecule has 0 bridgehead atoms. The Balaban J connectivity index is 2.32. The minimum absolute atomic E-state index is 0.444. The number of thioether (sulfide) groups is 1. The lowest BCUT2D eigenvalue weighted by atomic mass is 10.3. The van der Waals surface area contributed by atoms with E-state index in [1.807, 2.05) is 24.3 Å². The largest absolute Gasteiger partial charge is 0.333 e. The molecule has 1 N–H and O–H groups in total. The van der Waals surface area contributed by atoms with Crippen LogP contribution in [0.1, 0.15) is 0 Å². The minimum Gasteiger partial charge on any atom is -0.333 e. The molecule has 13 heavy (non-hydrogen) atoms. The third-order valence-electron chi connectivity index (χ3n) is 1.66. The Labute approximate surface area is 79.6 Å². The van der Waals surface area contributed by atoms with Crippen molar-refractivity contribution in [3.05, 3.63) is 24.3 Å². The Morgan fingerprint density at radius 2 is 2.31 bits per heavy atom. The van der Waals surface area contributed by atoms with Crippen molar-refractivity contribution in [2.45, 2.75) is 5.16 Å². The van der Waals surface area contributed by atoms with Crippen LogP contribution in [0.2, 0.25) is 0 Å². The molecule has 0 unspecified atom stereocenters. The van der Waals surface area contributed by atoms with Crippen molar-refractivity contribution < 1.29 is 4.79 Å². The summed E-state index contributed by atoms with van der Waals surface area (Å²) in [7, 11) is 0. The van der Waals surface area contributed by atoms with Crippen LogP contribution in [0.4, 0.5) is 0 Å². The Morgan fingerprint density at radius 3 is 3.08 bits per heavy atom. The molecule has 4 heteroatoms. The smallest absolute Gasteiger partial charge is 0.166 e. The average Bonchev–Trinajstić information content (AvgIpc) is 2.57. The Hall–Kier alpha value is -1.29. The number of aromatic nitrogens is 2. The fourth-order valence-corrected chi connectivity index (χ4v) is 1.68. The van der Waals surface area contributed by atoms with E-state index in [1.165, 1.54) is 11.8 Å². The number of rotatable bonds is 3. The third kappa shape index (κ3) is 1.72. The quantitative estimate of drug-likeness (QED) is 0.596. The maximum absolute atomic E-state index is 10.1. The molecule has 1 aromatic carbocycles. The maximum Gasteiger partial charge on any atom is 0.166 e. The van der Waals surface area contributed by atoms with Crippen molar-refractivity contribution in [3.8, 4) is 0 Å². The lowest BCUT2D eigenvalue weighted by Gasteiger charge is -1.86. The van der Waals surface area contributed by atoms with Crippen molar-refractivity contribution in [2.24, 2.45) is 0 Å². The van der Waals surface area contributed by atoms with Crippen LogP contribution < -0.4 is 0 Å². The van der Waals surface area contributed by atoms with Crippen LogP contribution in [0.15, 0.2) is 29.4 Å². The van der Waals surface area contributed by atoms with Gasteiger partial charge in [0.1, 0.15) is 6.29 Å². The highest BCUT2D eigenvalue weighted by Gasteiger charge is 2.00. The molecular weight excluding hydrogens is 184 g/mol. The topological polar surface area (TPSA) is 45.8 Å². The van der Waals surface area contributed by atoms with Gasteiger partial charge in [-0.25, -0.2) is 4.98 Å². The molecule has 2 rings (SSSR count). The monoisotopic (exact) mass is 192 g/mol. The molecule has 0 amide bonds. The van der Waals surface area contributed by atoms with E-state index in [9.17, 15) is 4.79 Å². The number of nitrogens with one attached hydrogen (secondary N) is 1. The van der Waals surface area contributed by atoms with Gasteiger partial charge < -0.3 is 9.78 Å². The van der Waals surface area contributed by atoms with Gasteiger partial charge in [0, 0.05) is 0 Å². The SMILES string of the molecule is O=CCSc1nc2ccccc2[nH]1. The first-order valence-corrected chi connectivity index (χ1v) is 4.90. The number of benzene rings is 1. The van der Waals surface area contributed by atoms with E-state index in [-0.39, 0.29) is 0 Å². The van der Waals surface area contributed by atoms with Crippen LogP contribution >= 0.6 is 11.8 Å². The van der Waals surface area contributed by atoms with Gasteiger partial charge in [-0.05, 0) is 12.1 Å². The lowest BCUT2D eigenvalue weighted by Crippen LogP contribution is -1.79. The first-order valence-electron chi connectivity index (χ1n) is 3.91. The van der Waals surface area contributed by atoms with Gasteiger partial charge in [0.05, 0.1) is 16.8 Å². The zero-order valence-electron chi connectivity index (χ0n) is 6.86. The highest BCUT2D eigenvalue weighted by atomic mass is 32.2. The number of nitrogens with zero attached hydrogens (tertiary/aromatic N) is 1. The summed E-state index contributed by atoms with van der Waals surface area (Å²) in [5.74, 6) is 0.444. The molecular formula is C9H8N2OS. The number of H-pyrrole nitrogens is 1. The molecule has 0 aliphatic heterocycles. The molecule has 0 aliphatic rings. The summed E-state index contributed by atoms with van der Waals surface area (Å²) in [5.41, 5.74) is 1.95. The van der Waals surface area contributed by atoms with Gasteiger partial charge in [-0.3, -0.25) is 0 Å². The molecule has 0 saturated heterocycles. The van der Waals surface area contributed by atoms with Crippen LogP contribution in [0.25, 0.3) is 11.0 Å². The molecule has 66 valence electrons. The standard InChI is InChI=1S/C9H8N2OS/c12-5-6-13-9-10-7-3-1-2-4-8(7)11-9/h1-5H,6H2,(H,10,11). The summed E-state index contributed by atoms with van der Waals surface area (Å²) < 4.78 is 0. The van der Waals surface area contributed by atoms with Gasteiger partial charge >= 0.3 is 0 Å². The van der Waals surface area contributed by atoms with Crippen molar-refractivity contribution in [1.29, 1.82) is 0 Å². The number of imidazole rings is 1. The number of hydrogen-bond acceptors (Lipinski definition) is 3. The van der Waals surface area contributed by atoms with E-state index in [4.69, 9.17) is 0 Å². The number of para-hydroxylation sites is 2. The van der Waals surface area contributed by atoms with Crippen LogP contribution in [0.3, 0.4) is 0 Å². The van der Waals surface area contributed by atoms with E-state index in [0.717, 1.165) is 22.5 Å². The first-order chi connectivity index (χ1) is 6.40. The summed E-state index contributed by atoms with van der Waals surface area (Å²) in [6.45, 7) is 0. The van der Waals surface area contributed by atoms with Crippen molar-refractivity contribution in [3.63, 3.8) is 0 Å². The van der Waals surface area contributed by atoms with Crippen molar-refractivity contribution in [2.75, 3.05) is 5.75 Å². The number of aldehydes is 1. The summed E-state index contributed by atoms with van der Waals surface area (Å²) in [6, 6.07) is 7.80. The number of carbonyl (C=O) groups excluding carboxylic acids is 1. The predicted molar refractivity (Wildman–Crippen MR) is 52.9 cm³/mol. The van der Waals surface area contributed by atoms with Crippen LogP contribution in [0.5, 0.6) is 0 Å². The zero-order valence-corrected chi connectivity index (χ0v) is 7.67. The summed E-state index contributed by atoms with van der Waals surface area (Å²) in [4.78, 5) is 17.6. The second kappa shape index (κ2) is 3.62. The Morgan fingerprint density at radius 1 is 1.46 bits per heavy atom. The predicted octanol–water partition coefficient (Wildman–Crippen LogP) is 1.85. The van der Waals surface area contributed by atoms with Crippen LogP contribution in [-0.4, -0.2) is 22.0 Å². The van der Waals surface area contributed by atoms with Gasteiger partial charge in [-0.1, -0.05) is 23.9 Å². The summed E-state index contributed by atoms with van der Waals surface area (Å²) in [6.07, 6.45) is 0.873. The van der Waals surface area contributed by atoms with Gasteiger partial charge in [0.25, 0.3) is 0 Å². The van der Waals surface area contributed by atoms with E-state index >= 15 is 0 Å². The number of aromatic amines is 1.